The van der Waals surface area contributed by atoms with Gasteiger partial charge in [-0.3, -0.25) is 4.79 Å². The quantitative estimate of drug-likeness (QED) is 0.794. The van der Waals surface area contributed by atoms with Crippen molar-refractivity contribution in [2.75, 3.05) is 0 Å². The molecule has 2 aromatic rings. The van der Waals surface area contributed by atoms with Gasteiger partial charge in [0.05, 0.1) is 0 Å². The Balaban J connectivity index is 2.43. The van der Waals surface area contributed by atoms with Gasteiger partial charge in [-0.05, 0) is 30.7 Å². The molecule has 2 N–H and O–H groups in total. The van der Waals surface area contributed by atoms with Gasteiger partial charge in [0.25, 0.3) is 0 Å². The van der Waals surface area contributed by atoms with E-state index in [1.165, 1.54) is 13.0 Å². The van der Waals surface area contributed by atoms with Crippen molar-refractivity contribution in [1.29, 1.82) is 0 Å². The van der Waals surface area contributed by atoms with E-state index in [1.807, 2.05) is 12.1 Å². The minimum Gasteiger partial charge on any atom is -0.477 e. The third kappa shape index (κ3) is 2.42. The summed E-state index contributed by atoms with van der Waals surface area (Å²) in [7, 11) is 0. The average molecular weight is 229 g/mol. The topological polar surface area (TPSA) is 70.2 Å². The molecule has 86 valence electrons. The van der Waals surface area contributed by atoms with Crippen LogP contribution in [-0.4, -0.2) is 21.8 Å². The number of fused-ring (bicyclic) bond motifs is 1. The van der Waals surface area contributed by atoms with Crippen LogP contribution < -0.4 is 0 Å². The normalized spacial score (nSPS) is 11.1. The molecule has 0 unspecified atom stereocenters. The summed E-state index contributed by atoms with van der Waals surface area (Å²) in [6, 6.07) is 7.04. The number of allylic oxidation sites excluding steroid dienone is 1. The highest BCUT2D eigenvalue weighted by atomic mass is 16.4. The van der Waals surface area contributed by atoms with E-state index in [4.69, 9.17) is 5.11 Å². The number of rotatable bonds is 3. The van der Waals surface area contributed by atoms with Crippen LogP contribution in [0.2, 0.25) is 0 Å². The molecule has 0 spiro atoms. The van der Waals surface area contributed by atoms with E-state index in [-0.39, 0.29) is 11.5 Å². The Hall–Kier alpha value is -2.36. The lowest BCUT2D eigenvalue weighted by atomic mass is 10.1. The Labute approximate surface area is 97.6 Å². The number of carboxylic acids is 1. The number of benzene rings is 1. The van der Waals surface area contributed by atoms with E-state index in [2.05, 4.69) is 4.98 Å². The van der Waals surface area contributed by atoms with Gasteiger partial charge in [0.1, 0.15) is 5.69 Å². The molecule has 0 radical (unpaired) electrons. The van der Waals surface area contributed by atoms with Crippen LogP contribution in [0.3, 0.4) is 0 Å². The maximum Gasteiger partial charge on any atom is 0.352 e. The molecule has 1 aromatic carbocycles. The summed E-state index contributed by atoms with van der Waals surface area (Å²) < 4.78 is 0. The molecule has 0 fully saturated rings. The molecular formula is C13H11NO3. The predicted molar refractivity (Wildman–Crippen MR) is 65.0 cm³/mol. The molecule has 1 aromatic heterocycles. The van der Waals surface area contributed by atoms with Crippen molar-refractivity contribution in [3.8, 4) is 0 Å². The molecule has 0 aliphatic carbocycles. The first-order valence-corrected chi connectivity index (χ1v) is 5.11. The van der Waals surface area contributed by atoms with Crippen LogP contribution in [-0.2, 0) is 4.79 Å². The number of ketones is 1. The Morgan fingerprint density at radius 1 is 1.29 bits per heavy atom. The molecule has 2 rings (SSSR count). The number of H-pyrrole nitrogens is 1. The number of nitrogens with one attached hydrogen (secondary N) is 1. The summed E-state index contributed by atoms with van der Waals surface area (Å²) in [4.78, 5) is 24.4. The monoisotopic (exact) mass is 229 g/mol. The fraction of sp³-hybridized carbons (Fsp3) is 0.0769. The van der Waals surface area contributed by atoms with Crippen LogP contribution in [0.15, 0.2) is 30.3 Å². The van der Waals surface area contributed by atoms with E-state index in [0.29, 0.717) is 0 Å². The second-order valence-corrected chi connectivity index (χ2v) is 3.78. The van der Waals surface area contributed by atoms with Gasteiger partial charge in [0.15, 0.2) is 5.78 Å². The number of aromatic nitrogens is 1. The molecule has 0 saturated heterocycles. The summed E-state index contributed by atoms with van der Waals surface area (Å²) in [5.74, 6) is -1.01. The van der Waals surface area contributed by atoms with E-state index >= 15 is 0 Å². The van der Waals surface area contributed by atoms with Gasteiger partial charge < -0.3 is 10.1 Å². The van der Waals surface area contributed by atoms with E-state index < -0.39 is 5.97 Å². The van der Waals surface area contributed by atoms with Crippen LogP contribution in [0.4, 0.5) is 0 Å². The van der Waals surface area contributed by atoms with Gasteiger partial charge in [-0.25, -0.2) is 4.79 Å². The summed E-state index contributed by atoms with van der Waals surface area (Å²) in [5.41, 5.74) is 1.76. The van der Waals surface area contributed by atoms with Crippen molar-refractivity contribution in [2.24, 2.45) is 0 Å². The largest absolute Gasteiger partial charge is 0.477 e. The van der Waals surface area contributed by atoms with Crippen molar-refractivity contribution < 1.29 is 14.7 Å². The summed E-state index contributed by atoms with van der Waals surface area (Å²) in [6.07, 6.45) is 3.17. The first kappa shape index (κ1) is 11.1. The lowest BCUT2D eigenvalue weighted by molar-refractivity contribution is -0.112. The number of carbonyl (C=O) groups excluding carboxylic acids is 1. The van der Waals surface area contributed by atoms with E-state index in [0.717, 1.165) is 16.5 Å². The Morgan fingerprint density at radius 3 is 2.71 bits per heavy atom. The van der Waals surface area contributed by atoms with Gasteiger partial charge in [-0.1, -0.05) is 18.2 Å². The number of carboxylic acid groups (broad SMARTS) is 1. The highest BCUT2D eigenvalue weighted by molar-refractivity contribution is 5.95. The van der Waals surface area contributed by atoms with Crippen LogP contribution in [0, 0.1) is 0 Å². The first-order chi connectivity index (χ1) is 8.06. The molecule has 17 heavy (non-hydrogen) atoms. The van der Waals surface area contributed by atoms with Gasteiger partial charge in [-0.15, -0.1) is 0 Å². The highest BCUT2D eigenvalue weighted by Crippen LogP contribution is 2.18. The molecule has 0 saturated carbocycles. The number of carbonyl (C=O) groups is 2. The van der Waals surface area contributed by atoms with Crippen LogP contribution in [0.5, 0.6) is 0 Å². The Bertz CT molecular complexity index is 623. The van der Waals surface area contributed by atoms with Gasteiger partial charge >= 0.3 is 5.97 Å². The second kappa shape index (κ2) is 4.25. The molecule has 0 aliphatic rings. The molecule has 4 heteroatoms. The fourth-order valence-electron chi connectivity index (χ4n) is 1.58. The number of aromatic amines is 1. The lowest BCUT2D eigenvalue weighted by Crippen LogP contribution is -1.94. The molecule has 4 nitrogen and oxygen atoms in total. The van der Waals surface area contributed by atoms with Gasteiger partial charge in [0.2, 0.25) is 0 Å². The van der Waals surface area contributed by atoms with Crippen molar-refractivity contribution in [3.63, 3.8) is 0 Å². The highest BCUT2D eigenvalue weighted by Gasteiger charge is 2.06. The first-order valence-electron chi connectivity index (χ1n) is 5.11. The van der Waals surface area contributed by atoms with Crippen LogP contribution in [0.1, 0.15) is 23.0 Å². The zero-order valence-corrected chi connectivity index (χ0v) is 9.23. The fourth-order valence-corrected chi connectivity index (χ4v) is 1.58. The van der Waals surface area contributed by atoms with Gasteiger partial charge in [-0.2, -0.15) is 0 Å². The maximum atomic E-state index is 10.8. The molecule has 0 atom stereocenters. The number of aromatic carboxylic acids is 1. The third-order valence-electron chi connectivity index (χ3n) is 2.39. The standard InChI is InChI=1S/C13H11NO3/c1-8(15)2-3-9-4-5-10-7-12(13(16)17)14-11(10)6-9/h2-7,14H,1H3,(H,16,17)/b3-2+. The van der Waals surface area contributed by atoms with Crippen molar-refractivity contribution in [2.45, 2.75) is 6.92 Å². The molecule has 0 bridgehead atoms. The van der Waals surface area contributed by atoms with E-state index in [9.17, 15) is 9.59 Å². The summed E-state index contributed by atoms with van der Waals surface area (Å²) in [5, 5.41) is 9.68. The summed E-state index contributed by atoms with van der Waals surface area (Å²) >= 11 is 0. The summed E-state index contributed by atoms with van der Waals surface area (Å²) in [6.45, 7) is 1.48. The number of hydrogen-bond donors (Lipinski definition) is 2. The average Bonchev–Trinajstić information content (AvgIpc) is 2.69. The molecule has 1 heterocycles. The van der Waals surface area contributed by atoms with Crippen molar-refractivity contribution >= 4 is 28.7 Å². The minimum absolute atomic E-state index is 0.0252. The SMILES string of the molecule is CC(=O)/C=C/c1ccc2cc(C(=O)O)[nH]c2c1. The lowest BCUT2D eigenvalue weighted by Gasteiger charge is -1.93. The Kier molecular flexibility index (Phi) is 2.78. The second-order valence-electron chi connectivity index (χ2n) is 3.78. The van der Waals surface area contributed by atoms with Crippen LogP contribution >= 0.6 is 0 Å². The number of hydrogen-bond acceptors (Lipinski definition) is 2. The van der Waals surface area contributed by atoms with Crippen molar-refractivity contribution in [3.05, 3.63) is 41.6 Å². The zero-order chi connectivity index (χ0) is 12.4. The maximum absolute atomic E-state index is 10.8. The molecular weight excluding hydrogens is 218 g/mol. The van der Waals surface area contributed by atoms with Crippen molar-refractivity contribution in [1.82, 2.24) is 4.98 Å². The van der Waals surface area contributed by atoms with Gasteiger partial charge in [0, 0.05) is 10.9 Å². The third-order valence-corrected chi connectivity index (χ3v) is 2.39. The van der Waals surface area contributed by atoms with E-state index in [1.54, 1.807) is 18.2 Å². The predicted octanol–water partition coefficient (Wildman–Crippen LogP) is 2.47. The van der Waals surface area contributed by atoms with Crippen LogP contribution in [0.25, 0.3) is 17.0 Å². The Morgan fingerprint density at radius 2 is 2.06 bits per heavy atom. The minimum atomic E-state index is -0.984. The molecule has 0 aliphatic heterocycles. The zero-order valence-electron chi connectivity index (χ0n) is 9.23. The smallest absolute Gasteiger partial charge is 0.352 e. The molecule has 0 amide bonds.